The van der Waals surface area contributed by atoms with Gasteiger partial charge in [0.1, 0.15) is 97.2 Å². The van der Waals surface area contributed by atoms with Gasteiger partial charge < -0.3 is 103 Å². The summed E-state index contributed by atoms with van der Waals surface area (Å²) in [6, 6.07) is 0. The molecule has 0 aromatic heterocycles. The van der Waals surface area contributed by atoms with Crippen molar-refractivity contribution in [3.8, 4) is 0 Å². The number of carbonyl (C=O) groups excluding carboxylic acids is 2. The SMILES string of the molecule is CO[C@@H]1[C@@H](O)[C@H](O[C@@H]2[C@@H](O)[C@H](O[C@H]3[C@H](O)[C@@H](O)[C@H](O[C@H]4[C@H](O[C@H]5CC[C@]6(C)[C@H]7CC[C@]89C(=O)O[C@@](C)(/C=C/C=C(C)C)[C@H]8[C@@H](OC(C)=O)C[C@@]9(C)C7=C(O)C[C@H]6C5(C)C)OC[C@@H](OS(=O)(=O)O)[C@@H]4O)O[C@@H]3CO)OC[C@H]2O)O[C@H](CO)[C@H]1O. The molecule has 9 aliphatic rings. The van der Waals surface area contributed by atoms with E-state index in [0.29, 0.717) is 25.7 Å². The Labute approximate surface area is 481 Å². The number of allylic oxidation sites excluding steroid dienone is 5. The molecule has 27 nitrogen and oxygen atoms in total. The standard InChI is InChI=1S/C55H84O27S/c1-23(2)11-10-14-54(8)45-28(74-24(3)58)18-53(7)34-25(12-16-55(45,53)50(67)81-54)52(6)15-13-33(51(4,5)32(52)17-26(34)59)77-49-44(36(62)31(22-73-49)82-83(68,69)70)80-47-38(64)37(63)42(30(20-57)76-47)79-46-39(65)41(27(60)21-72-46)78-48-40(66)43(71-9)35(61)29(19-56)75-48/h10-11,14,25,27-33,35-49,56-57,59-66H,12-13,15-22H2,1-9H3,(H,68,69,70)/b14-10+/t25-,27+,28-,29+,30+,31+,32-,33-,35+,36-,37+,38+,39+,40+,41-,42+,43-,44+,45+,46-,47-,48-,49-,52+,53-,54-,55+/m0/s1. The Hall–Kier alpha value is -2.89. The van der Waals surface area contributed by atoms with Crippen LogP contribution in [0.25, 0.3) is 0 Å². The van der Waals surface area contributed by atoms with Gasteiger partial charge in [0, 0.05) is 25.9 Å². The monoisotopic (exact) mass is 1210 g/mol. The quantitative estimate of drug-likeness (QED) is 0.0515. The van der Waals surface area contributed by atoms with E-state index >= 15 is 0 Å². The Kier molecular flexibility index (Phi) is 18.6. The smallest absolute Gasteiger partial charge is 0.397 e. The predicted octanol–water partition coefficient (Wildman–Crippen LogP) is -0.746. The van der Waals surface area contributed by atoms with E-state index in [4.69, 9.17) is 56.3 Å². The Morgan fingerprint density at radius 2 is 1.35 bits per heavy atom. The summed E-state index contributed by atoms with van der Waals surface area (Å²) in [6.45, 7) is 12.2. The predicted molar refractivity (Wildman–Crippen MR) is 279 cm³/mol. The first kappa shape index (κ1) is 64.6. The zero-order chi connectivity index (χ0) is 60.8. The zero-order valence-electron chi connectivity index (χ0n) is 47.9. The first-order valence-corrected chi connectivity index (χ1v) is 29.7. The fraction of sp³-hybridized carbons (Fsp3) is 0.855. The Morgan fingerprint density at radius 1 is 0.723 bits per heavy atom. The number of aliphatic hydroxyl groups excluding tert-OH is 10. The van der Waals surface area contributed by atoms with E-state index in [9.17, 15) is 73.6 Å². The first-order chi connectivity index (χ1) is 38.8. The van der Waals surface area contributed by atoms with Gasteiger partial charge in [0.05, 0.1) is 49.6 Å². The van der Waals surface area contributed by atoms with E-state index in [-0.39, 0.29) is 30.4 Å². The zero-order valence-corrected chi connectivity index (χ0v) is 48.8. The van der Waals surface area contributed by atoms with Crippen LogP contribution in [-0.2, 0) is 76.3 Å². The van der Waals surface area contributed by atoms with Crippen molar-refractivity contribution in [2.45, 2.75) is 222 Å². The molecule has 28 heteroatoms. The molecule has 5 saturated heterocycles. The lowest BCUT2D eigenvalue weighted by Gasteiger charge is -2.64. The van der Waals surface area contributed by atoms with Crippen molar-refractivity contribution < 1.29 is 130 Å². The minimum Gasteiger partial charge on any atom is -0.512 e. The topological polar surface area (TPSA) is 402 Å². The van der Waals surface area contributed by atoms with Crippen LogP contribution in [0.15, 0.2) is 35.1 Å². The molecule has 5 heterocycles. The lowest BCUT2D eigenvalue weighted by atomic mass is 9.40. The van der Waals surface area contributed by atoms with Gasteiger partial charge in [-0.25, -0.2) is 4.18 Å². The molecular formula is C55H84O27S. The van der Waals surface area contributed by atoms with Crippen molar-refractivity contribution in [3.05, 3.63) is 35.1 Å². The average Bonchev–Trinajstić information content (AvgIpc) is 1.56. The highest BCUT2D eigenvalue weighted by molar-refractivity contribution is 7.80. The van der Waals surface area contributed by atoms with Gasteiger partial charge in [0.25, 0.3) is 0 Å². The number of methoxy groups -OCH3 is 1. The number of hydrogen-bond donors (Lipinski definition) is 11. The fourth-order valence-electron chi connectivity index (χ4n) is 16.0. The summed E-state index contributed by atoms with van der Waals surface area (Å²) in [5.41, 5.74) is -2.83. The van der Waals surface area contributed by atoms with Crippen LogP contribution in [-0.4, -0.2) is 238 Å². The van der Waals surface area contributed by atoms with Crippen molar-refractivity contribution in [3.63, 3.8) is 0 Å². The Morgan fingerprint density at radius 3 is 1.99 bits per heavy atom. The number of aliphatic hydroxyl groups is 10. The number of carbonyl (C=O) groups is 2. The van der Waals surface area contributed by atoms with Crippen LogP contribution in [0, 0.1) is 39.4 Å². The summed E-state index contributed by atoms with van der Waals surface area (Å²) in [5.74, 6) is -1.92. The molecule has 83 heavy (non-hydrogen) atoms. The van der Waals surface area contributed by atoms with Gasteiger partial charge in [-0.2, -0.15) is 8.42 Å². The van der Waals surface area contributed by atoms with Gasteiger partial charge in [0.15, 0.2) is 25.2 Å². The lowest BCUT2D eigenvalue weighted by Crippen LogP contribution is -2.66. The van der Waals surface area contributed by atoms with Crippen LogP contribution >= 0.6 is 0 Å². The number of rotatable bonds is 16. The maximum absolute atomic E-state index is 14.7. The fourth-order valence-corrected chi connectivity index (χ4v) is 16.5. The van der Waals surface area contributed by atoms with Gasteiger partial charge in [-0.05, 0) is 87.2 Å². The number of hydrogen-bond acceptors (Lipinski definition) is 26. The molecule has 4 aliphatic carbocycles. The minimum atomic E-state index is -5.23. The second-order valence-electron chi connectivity index (χ2n) is 25.4. The van der Waals surface area contributed by atoms with E-state index in [1.807, 2.05) is 59.8 Å². The minimum absolute atomic E-state index is 0.109. The van der Waals surface area contributed by atoms with Crippen molar-refractivity contribution in [1.29, 1.82) is 0 Å². The molecule has 0 aromatic carbocycles. The van der Waals surface area contributed by atoms with Crippen molar-refractivity contribution in [2.24, 2.45) is 39.4 Å². The summed E-state index contributed by atoms with van der Waals surface area (Å²) in [4.78, 5) is 27.4. The molecular weight excluding hydrogens is 1120 g/mol. The van der Waals surface area contributed by atoms with Crippen LogP contribution in [0.3, 0.4) is 0 Å². The molecule has 0 amide bonds. The van der Waals surface area contributed by atoms with Crippen molar-refractivity contribution in [2.75, 3.05) is 33.5 Å². The molecule has 9 rings (SSSR count). The molecule has 0 bridgehead atoms. The van der Waals surface area contributed by atoms with E-state index < -0.39 is 205 Å². The first-order valence-electron chi connectivity index (χ1n) is 28.3. The second-order valence-corrected chi connectivity index (χ2v) is 26.5. The third kappa shape index (κ3) is 11.3. The van der Waals surface area contributed by atoms with Gasteiger partial charge in [-0.1, -0.05) is 45.4 Å². The van der Waals surface area contributed by atoms with Gasteiger partial charge in [0.2, 0.25) is 0 Å². The number of ether oxygens (including phenoxy) is 11. The summed E-state index contributed by atoms with van der Waals surface area (Å²) >= 11 is 0. The molecule has 1 spiro atoms. The highest BCUT2D eigenvalue weighted by Gasteiger charge is 2.80. The molecule has 8 fully saturated rings. The van der Waals surface area contributed by atoms with Crippen LogP contribution in [0.2, 0.25) is 0 Å². The van der Waals surface area contributed by atoms with E-state index in [1.54, 1.807) is 0 Å². The van der Waals surface area contributed by atoms with Crippen LogP contribution in [0.5, 0.6) is 0 Å². The lowest BCUT2D eigenvalue weighted by molar-refractivity contribution is -0.385. The number of cyclic esters (lactones) is 1. The van der Waals surface area contributed by atoms with Crippen LogP contribution in [0.4, 0.5) is 0 Å². The largest absolute Gasteiger partial charge is 0.512 e. The highest BCUT2D eigenvalue weighted by atomic mass is 32.3. The van der Waals surface area contributed by atoms with Gasteiger partial charge >= 0.3 is 22.3 Å². The number of fused-ring (bicyclic) bond motifs is 4. The Balaban J connectivity index is 0.933. The second kappa shape index (κ2) is 23.9. The van der Waals surface area contributed by atoms with Gasteiger partial charge in [-0.15, -0.1) is 0 Å². The summed E-state index contributed by atoms with van der Waals surface area (Å²) in [5, 5.41) is 112. The molecule has 27 atom stereocenters. The summed E-state index contributed by atoms with van der Waals surface area (Å²) < 4.78 is 104. The third-order valence-electron chi connectivity index (χ3n) is 19.9. The molecule has 472 valence electrons. The maximum Gasteiger partial charge on any atom is 0.397 e. The highest BCUT2D eigenvalue weighted by Crippen LogP contribution is 2.77. The molecule has 3 saturated carbocycles. The van der Waals surface area contributed by atoms with E-state index in [2.05, 4.69) is 6.92 Å². The van der Waals surface area contributed by atoms with Crippen LogP contribution in [0.1, 0.15) is 93.9 Å². The van der Waals surface area contributed by atoms with Gasteiger partial charge in [-0.3, -0.25) is 14.1 Å². The number of esters is 2. The van der Waals surface area contributed by atoms with Crippen molar-refractivity contribution >= 4 is 22.3 Å². The Bertz CT molecular complexity index is 2580. The van der Waals surface area contributed by atoms with Crippen LogP contribution < -0.4 is 0 Å². The normalized spacial score (nSPS) is 48.9. The van der Waals surface area contributed by atoms with E-state index in [0.717, 1.165) is 11.1 Å². The molecule has 0 unspecified atom stereocenters. The maximum atomic E-state index is 14.7. The summed E-state index contributed by atoms with van der Waals surface area (Å²) in [7, 11) is -4.04. The summed E-state index contributed by atoms with van der Waals surface area (Å²) in [6.07, 6.45) is -24.9. The molecule has 11 N–H and O–H groups in total. The van der Waals surface area contributed by atoms with Crippen molar-refractivity contribution in [1.82, 2.24) is 0 Å². The average molecular weight is 1210 g/mol. The molecule has 0 aromatic rings. The van der Waals surface area contributed by atoms with E-state index in [1.165, 1.54) is 14.0 Å². The molecule has 0 radical (unpaired) electrons. The third-order valence-corrected chi connectivity index (χ3v) is 20.4. The molecule has 5 aliphatic heterocycles.